The molecule has 1 aliphatic heterocycles. The molecular formula is C14H18BN3O2. The summed E-state index contributed by atoms with van der Waals surface area (Å²) in [4.78, 5) is 24.6. The Labute approximate surface area is 120 Å². The number of nitrogens with zero attached hydrogens (tertiary/aromatic N) is 1. The molecule has 104 valence electrons. The predicted octanol–water partition coefficient (Wildman–Crippen LogP) is 1.41. The van der Waals surface area contributed by atoms with E-state index in [-0.39, 0.29) is 18.1 Å². The third-order valence-electron chi connectivity index (χ3n) is 3.61. The molecule has 2 N–H and O–H groups in total. The molecule has 2 rings (SSSR count). The minimum absolute atomic E-state index is 0.0172. The molecule has 5 nitrogen and oxygen atoms in total. The second-order valence-electron chi connectivity index (χ2n) is 4.91. The molecule has 1 fully saturated rings. The van der Waals surface area contributed by atoms with Crippen molar-refractivity contribution in [1.82, 2.24) is 15.5 Å². The number of carbonyl (C=O) groups is 2. The van der Waals surface area contributed by atoms with Crippen molar-refractivity contribution in [2.75, 3.05) is 13.6 Å². The molecule has 20 heavy (non-hydrogen) atoms. The average Bonchev–Trinajstić information content (AvgIpc) is 2.48. The summed E-state index contributed by atoms with van der Waals surface area (Å²) in [5.41, 5.74) is 1.07. The van der Waals surface area contributed by atoms with Gasteiger partial charge in [0, 0.05) is 19.6 Å². The van der Waals surface area contributed by atoms with Crippen molar-refractivity contribution in [2.24, 2.45) is 0 Å². The van der Waals surface area contributed by atoms with E-state index in [0.29, 0.717) is 6.54 Å². The normalized spacial score (nSPS) is 22.1. The molecule has 1 heterocycles. The number of carbonyl (C=O) groups excluding carboxylic acids is 2. The summed E-state index contributed by atoms with van der Waals surface area (Å²) in [6, 6.07) is 9.50. The Morgan fingerprint density at radius 1 is 1.25 bits per heavy atom. The van der Waals surface area contributed by atoms with Crippen LogP contribution in [0.2, 0.25) is 0 Å². The van der Waals surface area contributed by atoms with Crippen LogP contribution in [-0.2, 0) is 0 Å². The van der Waals surface area contributed by atoms with Crippen molar-refractivity contribution in [3.63, 3.8) is 0 Å². The highest BCUT2D eigenvalue weighted by molar-refractivity contribution is 6.57. The summed E-state index contributed by atoms with van der Waals surface area (Å²) in [5, 5.41) is 5.34. The predicted molar refractivity (Wildman–Crippen MR) is 77.7 cm³/mol. The first-order valence-electron chi connectivity index (χ1n) is 6.71. The summed E-state index contributed by atoms with van der Waals surface area (Å²) in [5.74, 6) is -0.456. The molecule has 0 saturated carbocycles. The van der Waals surface area contributed by atoms with E-state index < -0.39 is 5.81 Å². The number of urea groups is 1. The summed E-state index contributed by atoms with van der Waals surface area (Å²) in [6.45, 7) is 0.433. The first-order valence-corrected chi connectivity index (χ1v) is 6.71. The van der Waals surface area contributed by atoms with Crippen molar-refractivity contribution >= 4 is 19.7 Å². The number of benzene rings is 1. The van der Waals surface area contributed by atoms with Crippen LogP contribution in [0, 0.1) is 0 Å². The molecule has 0 spiro atoms. The Morgan fingerprint density at radius 2 is 1.95 bits per heavy atom. The number of piperidine rings is 1. The van der Waals surface area contributed by atoms with Crippen molar-refractivity contribution in [3.8, 4) is 0 Å². The Kier molecular flexibility index (Phi) is 4.66. The van der Waals surface area contributed by atoms with Gasteiger partial charge in [0.2, 0.25) is 7.85 Å². The Bertz CT molecular complexity index is 481. The maximum atomic E-state index is 11.7. The molecule has 1 saturated heterocycles. The highest BCUT2D eigenvalue weighted by atomic mass is 16.2. The van der Waals surface area contributed by atoms with Gasteiger partial charge < -0.3 is 15.5 Å². The fourth-order valence-corrected chi connectivity index (χ4v) is 2.61. The van der Waals surface area contributed by atoms with Crippen molar-refractivity contribution in [2.45, 2.75) is 24.9 Å². The van der Waals surface area contributed by atoms with Gasteiger partial charge in [0.1, 0.15) is 0 Å². The van der Waals surface area contributed by atoms with Gasteiger partial charge in [0.15, 0.2) is 5.81 Å². The van der Waals surface area contributed by atoms with Gasteiger partial charge in [-0.15, -0.1) is 0 Å². The lowest BCUT2D eigenvalue weighted by atomic mass is 9.90. The molecular weight excluding hydrogens is 253 g/mol. The van der Waals surface area contributed by atoms with Crippen LogP contribution in [0.5, 0.6) is 0 Å². The molecule has 0 bridgehead atoms. The van der Waals surface area contributed by atoms with E-state index in [1.807, 2.05) is 30.3 Å². The van der Waals surface area contributed by atoms with Gasteiger partial charge in [-0.25, -0.2) is 4.79 Å². The Balaban J connectivity index is 2.09. The molecule has 2 atom stereocenters. The van der Waals surface area contributed by atoms with Crippen LogP contribution in [0.1, 0.15) is 24.4 Å². The van der Waals surface area contributed by atoms with Gasteiger partial charge in [-0.2, -0.15) is 0 Å². The number of hydrogen-bond donors (Lipinski definition) is 2. The summed E-state index contributed by atoms with van der Waals surface area (Å²) in [7, 11) is 7.05. The van der Waals surface area contributed by atoms with Crippen LogP contribution in [0.3, 0.4) is 0 Å². The molecule has 1 aliphatic rings. The van der Waals surface area contributed by atoms with Gasteiger partial charge in [0.05, 0.1) is 6.04 Å². The molecule has 1 aromatic rings. The van der Waals surface area contributed by atoms with Crippen LogP contribution in [0.15, 0.2) is 30.3 Å². The second kappa shape index (κ2) is 6.46. The SMILES string of the molecule is [B]C(=O)N1CC(NC(=O)NC)CCC1c1ccccc1. The first kappa shape index (κ1) is 14.4. The van der Waals surface area contributed by atoms with E-state index in [2.05, 4.69) is 10.6 Å². The molecule has 3 amide bonds. The van der Waals surface area contributed by atoms with Crippen molar-refractivity contribution < 1.29 is 9.59 Å². The Morgan fingerprint density at radius 3 is 2.55 bits per heavy atom. The monoisotopic (exact) mass is 271 g/mol. The van der Waals surface area contributed by atoms with Crippen LogP contribution in [-0.4, -0.2) is 44.2 Å². The molecule has 0 aliphatic carbocycles. The number of rotatable bonds is 2. The molecule has 6 heteroatoms. The zero-order valence-electron chi connectivity index (χ0n) is 11.5. The van der Waals surface area contributed by atoms with E-state index in [9.17, 15) is 9.59 Å². The Hall–Kier alpha value is -1.98. The van der Waals surface area contributed by atoms with E-state index in [1.165, 1.54) is 0 Å². The van der Waals surface area contributed by atoms with E-state index in [1.54, 1.807) is 11.9 Å². The van der Waals surface area contributed by atoms with Gasteiger partial charge in [-0.1, -0.05) is 30.3 Å². The summed E-state index contributed by atoms with van der Waals surface area (Å²) >= 11 is 0. The standard InChI is InChI=1S/C14H18BN3O2/c1-16-14(20)17-11-7-8-12(18(9-11)13(15)19)10-5-3-2-4-6-10/h2-6,11-12H,7-9H2,1H3,(H2,16,17,20). The van der Waals surface area contributed by atoms with Crippen LogP contribution in [0.4, 0.5) is 9.59 Å². The molecule has 1 aromatic carbocycles. The molecule has 2 unspecified atom stereocenters. The number of likely N-dealkylation sites (tertiary alicyclic amines) is 1. The molecule has 0 aromatic heterocycles. The van der Waals surface area contributed by atoms with E-state index in [4.69, 9.17) is 7.85 Å². The number of amides is 3. The maximum Gasteiger partial charge on any atom is 0.314 e. The lowest BCUT2D eigenvalue weighted by Gasteiger charge is -2.40. The van der Waals surface area contributed by atoms with Crippen LogP contribution < -0.4 is 10.6 Å². The van der Waals surface area contributed by atoms with Crippen molar-refractivity contribution in [3.05, 3.63) is 35.9 Å². The van der Waals surface area contributed by atoms with Gasteiger partial charge in [-0.3, -0.25) is 4.79 Å². The fourth-order valence-electron chi connectivity index (χ4n) is 2.61. The van der Waals surface area contributed by atoms with Gasteiger partial charge in [-0.05, 0) is 18.4 Å². The van der Waals surface area contributed by atoms with Crippen LogP contribution >= 0.6 is 0 Å². The lowest BCUT2D eigenvalue weighted by Crippen LogP contribution is -2.52. The molecule has 2 radical (unpaired) electrons. The highest BCUT2D eigenvalue weighted by Gasteiger charge is 2.31. The zero-order valence-corrected chi connectivity index (χ0v) is 11.5. The summed E-state index contributed by atoms with van der Waals surface area (Å²) in [6.07, 6.45) is 1.60. The van der Waals surface area contributed by atoms with Crippen LogP contribution in [0.25, 0.3) is 0 Å². The lowest BCUT2D eigenvalue weighted by molar-refractivity contribution is 0.152. The minimum atomic E-state index is -0.456. The smallest absolute Gasteiger partial charge is 0.314 e. The van der Waals surface area contributed by atoms with E-state index >= 15 is 0 Å². The van der Waals surface area contributed by atoms with Gasteiger partial charge in [0.25, 0.3) is 0 Å². The van der Waals surface area contributed by atoms with E-state index in [0.717, 1.165) is 18.4 Å². The number of nitrogens with one attached hydrogen (secondary N) is 2. The second-order valence-corrected chi connectivity index (χ2v) is 4.91. The fraction of sp³-hybridized carbons (Fsp3) is 0.429. The summed E-state index contributed by atoms with van der Waals surface area (Å²) < 4.78 is 0. The highest BCUT2D eigenvalue weighted by Crippen LogP contribution is 2.30. The third-order valence-corrected chi connectivity index (χ3v) is 3.61. The zero-order chi connectivity index (χ0) is 14.5. The topological polar surface area (TPSA) is 61.4 Å². The maximum absolute atomic E-state index is 11.7. The largest absolute Gasteiger partial charge is 0.343 e. The first-order chi connectivity index (χ1) is 9.61. The quantitative estimate of drug-likeness (QED) is 0.799. The third kappa shape index (κ3) is 3.32. The van der Waals surface area contributed by atoms with Gasteiger partial charge >= 0.3 is 6.03 Å². The number of hydrogen-bond acceptors (Lipinski definition) is 2. The van der Waals surface area contributed by atoms with Crippen molar-refractivity contribution in [1.29, 1.82) is 0 Å². The minimum Gasteiger partial charge on any atom is -0.343 e. The average molecular weight is 271 g/mol.